The Bertz CT molecular complexity index is 1360. The van der Waals surface area contributed by atoms with Crippen molar-refractivity contribution >= 4 is 40.0 Å². The Kier molecular flexibility index (Phi) is 4.62. The summed E-state index contributed by atoms with van der Waals surface area (Å²) in [5.41, 5.74) is 10.4. The number of hydrogen-bond donors (Lipinski definition) is 4. The van der Waals surface area contributed by atoms with E-state index in [1.807, 2.05) is 42.1 Å². The quantitative estimate of drug-likeness (QED) is 0.414. The lowest BCUT2D eigenvalue weighted by atomic mass is 9.74. The largest absolute Gasteiger partial charge is 0.497 e. The number of carbonyl (C=O) groups is 1. The summed E-state index contributed by atoms with van der Waals surface area (Å²) in [6.07, 6.45) is 6.14. The smallest absolute Gasteiger partial charge is 0.235 e. The maximum absolute atomic E-state index is 13.1. The average molecular weight is 494 g/mol. The minimum atomic E-state index is -0.388. The van der Waals surface area contributed by atoms with Crippen molar-refractivity contribution in [3.8, 4) is 5.75 Å². The van der Waals surface area contributed by atoms with E-state index in [1.165, 1.54) is 0 Å². The molecular formula is C25H28ClN7O2. The van der Waals surface area contributed by atoms with Crippen LogP contribution in [0.3, 0.4) is 0 Å². The van der Waals surface area contributed by atoms with Crippen LogP contribution in [-0.2, 0) is 17.3 Å². The Hall–Kier alpha value is -2.88. The molecule has 4 N–H and O–H groups in total. The van der Waals surface area contributed by atoms with Gasteiger partial charge in [0.15, 0.2) is 5.82 Å². The molecular weight excluding hydrogens is 466 g/mol. The Morgan fingerprint density at radius 3 is 2.97 bits per heavy atom. The molecule has 1 saturated heterocycles. The van der Waals surface area contributed by atoms with E-state index in [-0.39, 0.29) is 22.8 Å². The molecule has 6 atom stereocenters. The molecule has 3 fully saturated rings. The minimum Gasteiger partial charge on any atom is -0.497 e. The van der Waals surface area contributed by atoms with Crippen LogP contribution in [0.2, 0.25) is 5.28 Å². The van der Waals surface area contributed by atoms with Crippen molar-refractivity contribution in [1.82, 2.24) is 25.4 Å². The molecule has 4 unspecified atom stereocenters. The fourth-order valence-electron chi connectivity index (χ4n) is 6.93. The highest BCUT2D eigenvalue weighted by molar-refractivity contribution is 6.28. The van der Waals surface area contributed by atoms with Crippen LogP contribution in [0.5, 0.6) is 5.75 Å². The second-order valence-corrected chi connectivity index (χ2v) is 10.7. The number of hydrazine groups is 1. The van der Waals surface area contributed by atoms with Crippen molar-refractivity contribution in [2.75, 3.05) is 17.7 Å². The molecule has 10 heteroatoms. The molecule has 0 bridgehead atoms. The molecule has 4 heterocycles. The summed E-state index contributed by atoms with van der Waals surface area (Å²) in [6, 6.07) is 8.20. The highest BCUT2D eigenvalue weighted by Gasteiger charge is 2.67. The monoisotopic (exact) mass is 493 g/mol. The molecule has 9 nitrogen and oxygen atoms in total. The van der Waals surface area contributed by atoms with Crippen molar-refractivity contribution < 1.29 is 9.53 Å². The molecule has 1 spiro atoms. The molecule has 0 radical (unpaired) electrons. The first-order valence-corrected chi connectivity index (χ1v) is 12.6. The number of halogens is 1. The number of nitrogens with zero attached hydrogens (tertiary/aromatic N) is 3. The Labute approximate surface area is 207 Å². The summed E-state index contributed by atoms with van der Waals surface area (Å²) in [5.74, 6) is 2.98. The predicted octanol–water partition coefficient (Wildman–Crippen LogP) is 3.17. The lowest BCUT2D eigenvalue weighted by Crippen LogP contribution is -2.39. The summed E-state index contributed by atoms with van der Waals surface area (Å²) in [7, 11) is 3.66. The van der Waals surface area contributed by atoms with Gasteiger partial charge in [0.2, 0.25) is 11.2 Å². The van der Waals surface area contributed by atoms with Crippen LogP contribution in [-0.4, -0.2) is 39.8 Å². The molecule has 4 aliphatic rings. The normalized spacial score (nSPS) is 33.0. The van der Waals surface area contributed by atoms with E-state index >= 15 is 0 Å². The van der Waals surface area contributed by atoms with Crippen molar-refractivity contribution in [2.24, 2.45) is 24.8 Å². The molecule has 182 valence electrons. The van der Waals surface area contributed by atoms with Crippen LogP contribution < -0.4 is 26.2 Å². The standard InChI is InChI=1S/C25H28ClN7O2/c1-33-8-7-18-20(33)22(30-24(26)28-18)29-21-14-5-3-12(9-19(14)31-32-21)16-11-25(16)15-10-13(35-2)4-6-17(15)27-23(25)34/h4,6-8,10,12,14,16,19,21,31-32H,3,5,9,11H2,1-2H3,(H,27,34)(H,28,29,30)/t12?,14?,16-,19?,21?,25-/m0/s1. The van der Waals surface area contributed by atoms with Gasteiger partial charge in [0, 0.05) is 30.9 Å². The molecule has 1 aromatic carbocycles. The second-order valence-electron chi connectivity index (χ2n) is 10.4. The molecule has 2 aliphatic heterocycles. The topological polar surface area (TPSA) is 105 Å². The Morgan fingerprint density at radius 2 is 2.11 bits per heavy atom. The average Bonchev–Trinajstić information content (AvgIpc) is 3.19. The molecule has 2 aromatic heterocycles. The molecule has 7 rings (SSSR count). The van der Waals surface area contributed by atoms with Gasteiger partial charge in [-0.25, -0.2) is 10.4 Å². The number of carbonyl (C=O) groups excluding carboxylic acids is 1. The number of rotatable bonds is 4. The Balaban J connectivity index is 1.08. The van der Waals surface area contributed by atoms with Gasteiger partial charge in [-0.2, -0.15) is 4.98 Å². The van der Waals surface area contributed by atoms with Gasteiger partial charge in [-0.3, -0.25) is 10.2 Å². The van der Waals surface area contributed by atoms with Crippen LogP contribution in [0.25, 0.3) is 11.0 Å². The van der Waals surface area contributed by atoms with Gasteiger partial charge in [0.25, 0.3) is 0 Å². The lowest BCUT2D eigenvalue weighted by molar-refractivity contribution is -0.118. The van der Waals surface area contributed by atoms with Gasteiger partial charge < -0.3 is 19.9 Å². The van der Waals surface area contributed by atoms with Gasteiger partial charge >= 0.3 is 0 Å². The fraction of sp³-hybridized carbons (Fsp3) is 0.480. The highest BCUT2D eigenvalue weighted by atomic mass is 35.5. The number of methoxy groups -OCH3 is 1. The number of aromatic nitrogens is 3. The maximum atomic E-state index is 13.1. The summed E-state index contributed by atoms with van der Waals surface area (Å²) in [4.78, 5) is 21.9. The number of hydrogen-bond acceptors (Lipinski definition) is 7. The third-order valence-corrected chi connectivity index (χ3v) is 8.89. The third-order valence-electron chi connectivity index (χ3n) is 8.73. The summed E-state index contributed by atoms with van der Waals surface area (Å²) >= 11 is 6.19. The van der Waals surface area contributed by atoms with Crippen LogP contribution in [0, 0.1) is 17.8 Å². The zero-order valence-corrected chi connectivity index (χ0v) is 20.4. The van der Waals surface area contributed by atoms with Gasteiger partial charge in [-0.15, -0.1) is 0 Å². The number of amides is 1. The number of ether oxygens (including phenoxy) is 1. The van der Waals surface area contributed by atoms with Crippen molar-refractivity contribution in [3.63, 3.8) is 0 Å². The Morgan fingerprint density at radius 1 is 1.23 bits per heavy atom. The highest BCUT2D eigenvalue weighted by Crippen LogP contribution is 2.65. The van der Waals surface area contributed by atoms with E-state index in [4.69, 9.17) is 16.3 Å². The number of benzene rings is 1. The zero-order chi connectivity index (χ0) is 23.9. The van der Waals surface area contributed by atoms with Crippen molar-refractivity contribution in [2.45, 2.75) is 43.3 Å². The maximum Gasteiger partial charge on any atom is 0.235 e. The zero-order valence-electron chi connectivity index (χ0n) is 19.6. The van der Waals surface area contributed by atoms with Crippen LogP contribution in [0.4, 0.5) is 11.5 Å². The molecule has 35 heavy (non-hydrogen) atoms. The van der Waals surface area contributed by atoms with Crippen molar-refractivity contribution in [1.29, 1.82) is 0 Å². The summed E-state index contributed by atoms with van der Waals surface area (Å²) in [6.45, 7) is 0. The van der Waals surface area contributed by atoms with E-state index in [0.717, 1.165) is 59.5 Å². The first kappa shape index (κ1) is 21.4. The molecule has 1 amide bonds. The van der Waals surface area contributed by atoms with E-state index in [1.54, 1.807) is 7.11 Å². The van der Waals surface area contributed by atoms with Gasteiger partial charge in [0.1, 0.15) is 11.3 Å². The SMILES string of the molecule is COc1ccc2c(c1)[C@]1(C[C@H]1C1CCC3C(C1)NNC3Nc1nc(Cl)nc3ccn(C)c13)C(=O)N2. The van der Waals surface area contributed by atoms with E-state index in [0.29, 0.717) is 23.8 Å². The van der Waals surface area contributed by atoms with Crippen LogP contribution >= 0.6 is 11.6 Å². The van der Waals surface area contributed by atoms with E-state index in [9.17, 15) is 4.79 Å². The second kappa shape index (κ2) is 7.56. The number of fused-ring (bicyclic) bond motifs is 4. The number of nitrogens with one attached hydrogen (secondary N) is 4. The van der Waals surface area contributed by atoms with Gasteiger partial charge in [-0.1, -0.05) is 0 Å². The van der Waals surface area contributed by atoms with E-state index < -0.39 is 0 Å². The number of anilines is 2. The first-order chi connectivity index (χ1) is 17.0. The van der Waals surface area contributed by atoms with Crippen molar-refractivity contribution in [3.05, 3.63) is 41.3 Å². The van der Waals surface area contributed by atoms with Crippen LogP contribution in [0.1, 0.15) is 31.2 Å². The molecule has 3 aromatic rings. The first-order valence-electron chi connectivity index (χ1n) is 12.2. The van der Waals surface area contributed by atoms with Gasteiger partial charge in [-0.05, 0) is 78.9 Å². The van der Waals surface area contributed by atoms with Crippen LogP contribution in [0.15, 0.2) is 30.5 Å². The van der Waals surface area contributed by atoms with E-state index in [2.05, 4.69) is 31.5 Å². The summed E-state index contributed by atoms with van der Waals surface area (Å²) < 4.78 is 7.46. The molecule has 2 saturated carbocycles. The lowest BCUT2D eigenvalue weighted by Gasteiger charge is -2.34. The minimum absolute atomic E-state index is 0.0398. The predicted molar refractivity (Wildman–Crippen MR) is 133 cm³/mol. The third kappa shape index (κ3) is 3.11. The number of aryl methyl sites for hydroxylation is 1. The fourth-order valence-corrected chi connectivity index (χ4v) is 7.10. The molecule has 2 aliphatic carbocycles. The summed E-state index contributed by atoms with van der Waals surface area (Å²) in [5, 5.41) is 6.94. The van der Waals surface area contributed by atoms with Gasteiger partial charge in [0.05, 0.1) is 24.2 Å².